The molecule has 4 rings (SSSR count). The first-order valence-electron chi connectivity index (χ1n) is 11.5. The summed E-state index contributed by atoms with van der Waals surface area (Å²) in [5.74, 6) is 0.00770. The van der Waals surface area contributed by atoms with Gasteiger partial charge in [0.15, 0.2) is 0 Å². The van der Waals surface area contributed by atoms with Gasteiger partial charge in [-0.2, -0.15) is 5.26 Å². The number of piperazine rings is 1. The predicted molar refractivity (Wildman–Crippen MR) is 123 cm³/mol. The van der Waals surface area contributed by atoms with E-state index in [0.717, 1.165) is 38.0 Å². The number of nitrogens with zero attached hydrogens (tertiary/aromatic N) is 5. The number of rotatable bonds is 6. The molecule has 0 saturated carbocycles. The summed E-state index contributed by atoms with van der Waals surface area (Å²) < 4.78 is 5.32. The fourth-order valence-electron chi connectivity index (χ4n) is 4.28. The Kier molecular flexibility index (Phi) is 7.66. The molecule has 33 heavy (non-hydrogen) atoms. The smallest absolute Gasteiger partial charge is 0.255 e. The molecular weight excluding hydrogens is 418 g/mol. The molecule has 0 bridgehead atoms. The van der Waals surface area contributed by atoms with E-state index in [4.69, 9.17) is 10.00 Å². The molecule has 8 heteroatoms. The van der Waals surface area contributed by atoms with Gasteiger partial charge in [0.25, 0.3) is 11.8 Å². The van der Waals surface area contributed by atoms with Crippen molar-refractivity contribution in [1.82, 2.24) is 19.7 Å². The van der Waals surface area contributed by atoms with E-state index in [2.05, 4.69) is 16.0 Å². The van der Waals surface area contributed by atoms with Gasteiger partial charge < -0.3 is 14.5 Å². The van der Waals surface area contributed by atoms with Crippen molar-refractivity contribution < 1.29 is 14.3 Å². The highest BCUT2D eigenvalue weighted by Crippen LogP contribution is 2.13. The van der Waals surface area contributed by atoms with Gasteiger partial charge >= 0.3 is 0 Å². The van der Waals surface area contributed by atoms with Gasteiger partial charge in [-0.25, -0.2) is 0 Å². The highest BCUT2D eigenvalue weighted by molar-refractivity contribution is 5.95. The van der Waals surface area contributed by atoms with Gasteiger partial charge in [-0.05, 0) is 49.2 Å². The molecule has 2 aromatic rings. The molecule has 1 aromatic carbocycles. The lowest BCUT2D eigenvalue weighted by atomic mass is 10.1. The fraction of sp³-hybridized carbons (Fsp3) is 0.440. The third-order valence-corrected chi connectivity index (χ3v) is 6.18. The number of carbonyl (C=O) groups excluding carboxylic acids is 2. The molecule has 2 amide bonds. The Morgan fingerprint density at radius 3 is 2.42 bits per heavy atom. The number of morpholine rings is 1. The SMILES string of the molecule is N#Cc1cccc(C(=O)N2CCN(CCCc3cncc(C(=O)N4CCOCC4)c3)CC2)c1. The van der Waals surface area contributed by atoms with Crippen LogP contribution in [-0.4, -0.2) is 90.5 Å². The Hall–Kier alpha value is -3.28. The molecule has 0 radical (unpaired) electrons. The standard InChI is InChI=1S/C25H29N5O3/c26-17-20-3-1-5-22(15-20)24(31)29-9-7-28(8-10-29)6-2-4-21-16-23(19-27-18-21)25(32)30-11-13-33-14-12-30/h1,3,5,15-16,18-19H,2,4,6-14H2. The minimum Gasteiger partial charge on any atom is -0.378 e. The number of nitriles is 1. The van der Waals surface area contributed by atoms with Crippen molar-refractivity contribution in [2.75, 3.05) is 59.0 Å². The summed E-state index contributed by atoms with van der Waals surface area (Å²) in [5.41, 5.74) is 2.79. The molecular formula is C25H29N5O3. The first-order valence-corrected chi connectivity index (χ1v) is 11.5. The van der Waals surface area contributed by atoms with Crippen LogP contribution in [0.25, 0.3) is 0 Å². The van der Waals surface area contributed by atoms with Gasteiger partial charge in [-0.3, -0.25) is 19.5 Å². The maximum Gasteiger partial charge on any atom is 0.255 e. The summed E-state index contributed by atoms with van der Waals surface area (Å²) in [4.78, 5) is 35.7. The van der Waals surface area contributed by atoms with E-state index in [-0.39, 0.29) is 11.8 Å². The largest absolute Gasteiger partial charge is 0.378 e. The van der Waals surface area contributed by atoms with Crippen LogP contribution in [0, 0.1) is 11.3 Å². The number of hydrogen-bond donors (Lipinski definition) is 0. The van der Waals surface area contributed by atoms with Gasteiger partial charge in [-0.15, -0.1) is 0 Å². The minimum absolute atomic E-state index is 0.0143. The van der Waals surface area contributed by atoms with E-state index in [0.29, 0.717) is 56.1 Å². The van der Waals surface area contributed by atoms with Gasteiger partial charge in [0.1, 0.15) is 0 Å². The summed E-state index contributed by atoms with van der Waals surface area (Å²) in [6.45, 7) is 6.39. The highest BCUT2D eigenvalue weighted by Gasteiger charge is 2.22. The molecule has 0 N–H and O–H groups in total. The van der Waals surface area contributed by atoms with Crippen molar-refractivity contribution in [3.8, 4) is 6.07 Å². The molecule has 3 heterocycles. The average molecular weight is 448 g/mol. The van der Waals surface area contributed by atoms with Crippen LogP contribution in [0.15, 0.2) is 42.7 Å². The zero-order valence-electron chi connectivity index (χ0n) is 18.8. The monoisotopic (exact) mass is 447 g/mol. The molecule has 2 saturated heterocycles. The summed E-state index contributed by atoms with van der Waals surface area (Å²) in [5, 5.41) is 9.05. The van der Waals surface area contributed by atoms with Crippen molar-refractivity contribution in [2.24, 2.45) is 0 Å². The van der Waals surface area contributed by atoms with E-state index >= 15 is 0 Å². The van der Waals surface area contributed by atoms with Gasteiger partial charge in [-0.1, -0.05) is 6.07 Å². The molecule has 0 spiro atoms. The lowest BCUT2D eigenvalue weighted by Gasteiger charge is -2.34. The number of hydrogen-bond acceptors (Lipinski definition) is 6. The molecule has 1 aromatic heterocycles. The second-order valence-electron chi connectivity index (χ2n) is 8.42. The number of aryl methyl sites for hydroxylation is 1. The molecule has 2 aliphatic rings. The van der Waals surface area contributed by atoms with Crippen LogP contribution in [0.4, 0.5) is 0 Å². The summed E-state index contributed by atoms with van der Waals surface area (Å²) in [6.07, 6.45) is 5.30. The van der Waals surface area contributed by atoms with Crippen molar-refractivity contribution in [1.29, 1.82) is 5.26 Å². The molecule has 0 aliphatic carbocycles. The molecule has 0 atom stereocenters. The van der Waals surface area contributed by atoms with Gasteiger partial charge in [0.2, 0.25) is 0 Å². The predicted octanol–water partition coefficient (Wildman–Crippen LogP) is 1.82. The molecule has 8 nitrogen and oxygen atoms in total. The Labute approximate surface area is 194 Å². The first-order chi connectivity index (χ1) is 16.1. The lowest BCUT2D eigenvalue weighted by Crippen LogP contribution is -2.48. The van der Waals surface area contributed by atoms with Crippen molar-refractivity contribution >= 4 is 11.8 Å². The van der Waals surface area contributed by atoms with E-state index in [1.807, 2.05) is 22.1 Å². The number of ether oxygens (including phenoxy) is 1. The molecule has 0 unspecified atom stereocenters. The third-order valence-electron chi connectivity index (χ3n) is 6.18. The van der Waals surface area contributed by atoms with Crippen LogP contribution in [0.5, 0.6) is 0 Å². The number of benzene rings is 1. The Balaban J connectivity index is 1.22. The van der Waals surface area contributed by atoms with Gasteiger partial charge in [0, 0.05) is 57.2 Å². The van der Waals surface area contributed by atoms with E-state index in [1.165, 1.54) is 0 Å². The van der Waals surface area contributed by atoms with Crippen LogP contribution in [0.1, 0.15) is 38.3 Å². The van der Waals surface area contributed by atoms with Crippen LogP contribution in [0.2, 0.25) is 0 Å². The second kappa shape index (κ2) is 11.0. The zero-order valence-corrected chi connectivity index (χ0v) is 18.8. The van der Waals surface area contributed by atoms with Crippen LogP contribution >= 0.6 is 0 Å². The topological polar surface area (TPSA) is 89.8 Å². The lowest BCUT2D eigenvalue weighted by molar-refractivity contribution is 0.0302. The fourth-order valence-corrected chi connectivity index (χ4v) is 4.28. The highest BCUT2D eigenvalue weighted by atomic mass is 16.5. The van der Waals surface area contributed by atoms with E-state index in [1.54, 1.807) is 30.5 Å². The zero-order chi connectivity index (χ0) is 23.0. The first kappa shape index (κ1) is 22.9. The van der Waals surface area contributed by atoms with Crippen LogP contribution in [-0.2, 0) is 11.2 Å². The van der Waals surface area contributed by atoms with E-state index < -0.39 is 0 Å². The molecule has 172 valence electrons. The van der Waals surface area contributed by atoms with E-state index in [9.17, 15) is 9.59 Å². The van der Waals surface area contributed by atoms with Crippen LogP contribution in [0.3, 0.4) is 0 Å². The number of pyridine rings is 1. The van der Waals surface area contributed by atoms with Crippen molar-refractivity contribution in [3.63, 3.8) is 0 Å². The Bertz CT molecular complexity index is 1020. The summed E-state index contributed by atoms with van der Waals surface area (Å²) in [7, 11) is 0. The normalized spacial score (nSPS) is 16.9. The summed E-state index contributed by atoms with van der Waals surface area (Å²) in [6, 6.07) is 10.9. The second-order valence-corrected chi connectivity index (χ2v) is 8.42. The Morgan fingerprint density at radius 2 is 1.67 bits per heavy atom. The number of carbonyl (C=O) groups is 2. The summed E-state index contributed by atoms with van der Waals surface area (Å²) >= 11 is 0. The molecule has 2 aliphatic heterocycles. The van der Waals surface area contributed by atoms with Crippen molar-refractivity contribution in [3.05, 3.63) is 65.0 Å². The minimum atomic E-state index is -0.0143. The third kappa shape index (κ3) is 5.95. The number of aromatic nitrogens is 1. The maximum atomic E-state index is 12.7. The van der Waals surface area contributed by atoms with Crippen LogP contribution < -0.4 is 0 Å². The Morgan fingerprint density at radius 1 is 0.939 bits per heavy atom. The quantitative estimate of drug-likeness (QED) is 0.671. The van der Waals surface area contributed by atoms with Crippen molar-refractivity contribution in [2.45, 2.75) is 12.8 Å². The van der Waals surface area contributed by atoms with Gasteiger partial charge in [0.05, 0.1) is 30.4 Å². The maximum absolute atomic E-state index is 12.7. The average Bonchev–Trinajstić information content (AvgIpc) is 2.89. The molecule has 2 fully saturated rings. The number of amides is 2.